The molecule has 9 heteroatoms. The molecule has 1 atom stereocenters. The second-order valence-corrected chi connectivity index (χ2v) is 7.19. The second kappa shape index (κ2) is 8.87. The zero-order valence-corrected chi connectivity index (χ0v) is 16.4. The fourth-order valence-electron chi connectivity index (χ4n) is 2.87. The minimum absolute atomic E-state index is 0.118. The minimum Gasteiger partial charge on any atom is -0.485 e. The van der Waals surface area contributed by atoms with Crippen molar-refractivity contribution in [2.24, 2.45) is 0 Å². The summed E-state index contributed by atoms with van der Waals surface area (Å²) >= 11 is 1.31. The number of benzene rings is 1. The summed E-state index contributed by atoms with van der Waals surface area (Å²) in [5.41, 5.74) is 0. The number of hydrogen-bond acceptors (Lipinski definition) is 7. The van der Waals surface area contributed by atoms with Crippen molar-refractivity contribution < 1.29 is 18.7 Å². The Kier molecular flexibility index (Phi) is 5.85. The zero-order valence-electron chi connectivity index (χ0n) is 15.6. The van der Waals surface area contributed by atoms with Crippen LogP contribution in [0, 0.1) is 0 Å². The normalized spacial score (nSPS) is 15.1. The Labute approximate surface area is 171 Å². The first-order valence-corrected chi connectivity index (χ1v) is 10.1. The Bertz CT molecular complexity index is 986. The van der Waals surface area contributed by atoms with Gasteiger partial charge in [0.25, 0.3) is 0 Å². The zero-order chi connectivity index (χ0) is 20.1. The number of amides is 1. The molecule has 1 aliphatic rings. The maximum atomic E-state index is 12.1. The van der Waals surface area contributed by atoms with Gasteiger partial charge in [-0.1, -0.05) is 30.0 Å². The Morgan fingerprint density at radius 1 is 1.28 bits per heavy atom. The molecule has 0 fully saturated rings. The van der Waals surface area contributed by atoms with E-state index < -0.39 is 0 Å². The van der Waals surface area contributed by atoms with Crippen molar-refractivity contribution in [3.63, 3.8) is 0 Å². The molecule has 0 bridgehead atoms. The number of ether oxygens (including phenoxy) is 2. The largest absolute Gasteiger partial charge is 0.485 e. The summed E-state index contributed by atoms with van der Waals surface area (Å²) in [5, 5.41) is 12.0. The van der Waals surface area contributed by atoms with Gasteiger partial charge in [-0.15, -0.1) is 16.8 Å². The Morgan fingerprint density at radius 3 is 2.93 bits per heavy atom. The van der Waals surface area contributed by atoms with Crippen LogP contribution in [0.15, 0.2) is 64.9 Å². The maximum absolute atomic E-state index is 12.1. The molecule has 2 aromatic heterocycles. The van der Waals surface area contributed by atoms with Gasteiger partial charge in [0.15, 0.2) is 28.6 Å². The van der Waals surface area contributed by atoms with Crippen molar-refractivity contribution in [1.82, 2.24) is 20.1 Å². The van der Waals surface area contributed by atoms with Gasteiger partial charge in [-0.2, -0.15) is 0 Å². The fraction of sp³-hybridized carbons (Fsp3) is 0.250. The molecule has 4 rings (SSSR count). The molecule has 0 spiro atoms. The summed E-state index contributed by atoms with van der Waals surface area (Å²) in [6.45, 7) is 4.99. The van der Waals surface area contributed by atoms with Crippen LogP contribution in [0.3, 0.4) is 0 Å². The van der Waals surface area contributed by atoms with E-state index in [-0.39, 0.29) is 17.8 Å². The molecule has 0 saturated carbocycles. The lowest BCUT2D eigenvalue weighted by Gasteiger charge is -2.26. The number of carbonyl (C=O) groups is 1. The highest BCUT2D eigenvalue weighted by Crippen LogP contribution is 2.36. The molecule has 150 valence electrons. The Hall–Kier alpha value is -3.20. The lowest BCUT2D eigenvalue weighted by atomic mass is 10.2. The number of fused-ring (bicyclic) bond motifs is 1. The number of aromatic nitrogens is 3. The molecule has 3 heterocycles. The van der Waals surface area contributed by atoms with Crippen LogP contribution < -0.4 is 14.8 Å². The topological polar surface area (TPSA) is 91.4 Å². The summed E-state index contributed by atoms with van der Waals surface area (Å²) in [5.74, 6) is 2.81. The Morgan fingerprint density at radius 2 is 2.14 bits per heavy atom. The highest BCUT2D eigenvalue weighted by atomic mass is 32.2. The van der Waals surface area contributed by atoms with Crippen LogP contribution in [0.4, 0.5) is 0 Å². The van der Waals surface area contributed by atoms with Gasteiger partial charge in [0.1, 0.15) is 12.4 Å². The van der Waals surface area contributed by atoms with Crippen molar-refractivity contribution in [1.29, 1.82) is 0 Å². The van der Waals surface area contributed by atoms with E-state index in [1.165, 1.54) is 11.8 Å². The van der Waals surface area contributed by atoms with E-state index in [1.807, 2.05) is 34.9 Å². The predicted octanol–water partition coefficient (Wildman–Crippen LogP) is 2.98. The standard InChI is InChI=1S/C20H20N4O4S/c1-2-9-24-19(17-12-27-15-7-3-4-8-16(15)28-17)22-23-20(24)29-13-18(25)21-11-14-6-5-10-26-14/h2-8,10,17H,1,9,11-13H2,(H,21,25). The first-order valence-electron chi connectivity index (χ1n) is 9.09. The number of para-hydroxylation sites is 2. The lowest BCUT2D eigenvalue weighted by molar-refractivity contribution is -0.118. The molecule has 8 nitrogen and oxygen atoms in total. The molecule has 1 aromatic carbocycles. The van der Waals surface area contributed by atoms with Crippen molar-refractivity contribution >= 4 is 17.7 Å². The van der Waals surface area contributed by atoms with Crippen LogP contribution in [0.1, 0.15) is 17.7 Å². The molecular weight excluding hydrogens is 392 g/mol. The molecule has 1 amide bonds. The van der Waals surface area contributed by atoms with E-state index >= 15 is 0 Å². The van der Waals surface area contributed by atoms with E-state index in [2.05, 4.69) is 22.1 Å². The molecule has 0 aliphatic carbocycles. The van der Waals surface area contributed by atoms with E-state index in [0.717, 1.165) is 0 Å². The van der Waals surface area contributed by atoms with Crippen LogP contribution in [0.25, 0.3) is 0 Å². The number of allylic oxidation sites excluding steroid dienone is 1. The molecule has 1 aliphatic heterocycles. The number of furan rings is 1. The fourth-order valence-corrected chi connectivity index (χ4v) is 3.66. The number of rotatable bonds is 8. The van der Waals surface area contributed by atoms with Gasteiger partial charge in [-0.05, 0) is 24.3 Å². The predicted molar refractivity (Wildman–Crippen MR) is 107 cm³/mol. The SMILES string of the molecule is C=CCn1c(SCC(=O)NCc2ccco2)nnc1C1COc2ccccc2O1. The summed E-state index contributed by atoms with van der Waals surface area (Å²) in [4.78, 5) is 12.1. The average molecular weight is 412 g/mol. The first kappa shape index (κ1) is 19.1. The maximum Gasteiger partial charge on any atom is 0.230 e. The summed E-state index contributed by atoms with van der Waals surface area (Å²) in [7, 11) is 0. The van der Waals surface area contributed by atoms with Crippen LogP contribution in [0.5, 0.6) is 11.5 Å². The van der Waals surface area contributed by atoms with Gasteiger partial charge in [-0.25, -0.2) is 0 Å². The number of nitrogens with one attached hydrogen (secondary N) is 1. The highest BCUT2D eigenvalue weighted by molar-refractivity contribution is 7.99. The summed E-state index contributed by atoms with van der Waals surface area (Å²) in [6.07, 6.45) is 2.94. The lowest BCUT2D eigenvalue weighted by Crippen LogP contribution is -2.25. The third-order valence-corrected chi connectivity index (χ3v) is 5.19. The first-order chi connectivity index (χ1) is 14.2. The van der Waals surface area contributed by atoms with Crippen LogP contribution in [-0.4, -0.2) is 33.0 Å². The molecule has 3 aromatic rings. The smallest absolute Gasteiger partial charge is 0.230 e. The number of nitrogens with zero attached hydrogens (tertiary/aromatic N) is 3. The minimum atomic E-state index is -0.389. The molecule has 1 N–H and O–H groups in total. The van der Waals surface area contributed by atoms with Crippen molar-refractivity contribution in [3.8, 4) is 11.5 Å². The molecule has 29 heavy (non-hydrogen) atoms. The van der Waals surface area contributed by atoms with Gasteiger partial charge < -0.3 is 19.2 Å². The van der Waals surface area contributed by atoms with Gasteiger partial charge in [0.05, 0.1) is 18.6 Å². The quantitative estimate of drug-likeness (QED) is 0.449. The summed E-state index contributed by atoms with van der Waals surface area (Å²) < 4.78 is 18.9. The molecule has 0 radical (unpaired) electrons. The van der Waals surface area contributed by atoms with E-state index in [1.54, 1.807) is 18.4 Å². The van der Waals surface area contributed by atoms with Crippen LogP contribution >= 0.6 is 11.8 Å². The Balaban J connectivity index is 1.41. The van der Waals surface area contributed by atoms with Crippen LogP contribution in [0.2, 0.25) is 0 Å². The van der Waals surface area contributed by atoms with E-state index in [9.17, 15) is 4.79 Å². The molecule has 1 unspecified atom stereocenters. The van der Waals surface area contributed by atoms with Crippen molar-refractivity contribution in [2.75, 3.05) is 12.4 Å². The molecular formula is C20H20N4O4S. The average Bonchev–Trinajstić information content (AvgIpc) is 3.41. The molecule has 0 saturated heterocycles. The van der Waals surface area contributed by atoms with Gasteiger partial charge in [0, 0.05) is 6.54 Å². The van der Waals surface area contributed by atoms with E-state index in [0.29, 0.717) is 47.9 Å². The highest BCUT2D eigenvalue weighted by Gasteiger charge is 2.28. The number of hydrogen-bond donors (Lipinski definition) is 1. The van der Waals surface area contributed by atoms with Crippen molar-refractivity contribution in [3.05, 3.63) is 66.9 Å². The third kappa shape index (κ3) is 4.45. The number of carbonyl (C=O) groups excluding carboxylic acids is 1. The second-order valence-electron chi connectivity index (χ2n) is 6.25. The van der Waals surface area contributed by atoms with Gasteiger partial charge in [0.2, 0.25) is 5.91 Å². The van der Waals surface area contributed by atoms with E-state index in [4.69, 9.17) is 13.9 Å². The third-order valence-electron chi connectivity index (χ3n) is 4.23. The number of thioether (sulfide) groups is 1. The summed E-state index contributed by atoms with van der Waals surface area (Å²) in [6, 6.07) is 11.1. The van der Waals surface area contributed by atoms with Crippen molar-refractivity contribution in [2.45, 2.75) is 24.3 Å². The monoisotopic (exact) mass is 412 g/mol. The van der Waals surface area contributed by atoms with Crippen LogP contribution in [-0.2, 0) is 17.9 Å². The van der Waals surface area contributed by atoms with Gasteiger partial charge in [-0.3, -0.25) is 9.36 Å². The van der Waals surface area contributed by atoms with Gasteiger partial charge >= 0.3 is 0 Å².